The molecule has 4 heteroatoms. The second-order valence-electron chi connectivity index (χ2n) is 4.68. The van der Waals surface area contributed by atoms with Crippen molar-refractivity contribution in [2.24, 2.45) is 0 Å². The van der Waals surface area contributed by atoms with Crippen LogP contribution in [0.4, 0.5) is 0 Å². The number of unbranched alkanes of at least 4 members (excludes halogenated alkanes) is 2. The monoisotopic (exact) mass is 260 g/mol. The number of carbonyl (C=O) groups excluding carboxylic acids is 1. The molecule has 0 radical (unpaired) electrons. The van der Waals surface area contributed by atoms with E-state index in [0.29, 0.717) is 6.42 Å². The lowest BCUT2D eigenvalue weighted by molar-refractivity contribution is -0.145. The van der Waals surface area contributed by atoms with E-state index in [4.69, 9.17) is 4.43 Å². The maximum atomic E-state index is 11.8. The molecule has 3 nitrogen and oxygen atoms in total. The average molecular weight is 260 g/mol. The number of aliphatic hydroxyl groups excluding tert-OH is 1. The maximum Gasteiger partial charge on any atom is 0.321 e. The van der Waals surface area contributed by atoms with E-state index in [-0.39, 0.29) is 0 Å². The van der Waals surface area contributed by atoms with Crippen molar-refractivity contribution in [1.82, 2.24) is 0 Å². The predicted octanol–water partition coefficient (Wildman–Crippen LogP) is 3.48. The Hall–Kier alpha value is -0.353. The molecule has 0 saturated carbocycles. The summed E-state index contributed by atoms with van der Waals surface area (Å²) in [5, 5.41) is 9.74. The summed E-state index contributed by atoms with van der Waals surface area (Å²) in [6.45, 7) is 8.34. The zero-order chi connectivity index (χ0) is 13.3. The van der Waals surface area contributed by atoms with Crippen LogP contribution in [0.15, 0.2) is 0 Å². The zero-order valence-electron chi connectivity index (χ0n) is 11.8. The second kappa shape index (κ2) is 8.70. The number of aliphatic hydroxyl groups is 1. The Kier molecular flexibility index (Phi) is 8.52. The lowest BCUT2D eigenvalue weighted by Crippen LogP contribution is -2.41. The molecule has 102 valence electrons. The third kappa shape index (κ3) is 5.68. The van der Waals surface area contributed by atoms with E-state index in [1.807, 2.05) is 0 Å². The van der Waals surface area contributed by atoms with Crippen LogP contribution in [0.5, 0.6) is 0 Å². The molecule has 1 unspecified atom stereocenters. The summed E-state index contributed by atoms with van der Waals surface area (Å²) in [5.74, 6) is -0.390. The van der Waals surface area contributed by atoms with E-state index in [0.717, 1.165) is 37.4 Å². The quantitative estimate of drug-likeness (QED) is 0.510. The van der Waals surface area contributed by atoms with Crippen LogP contribution in [0.2, 0.25) is 18.1 Å². The van der Waals surface area contributed by atoms with Crippen molar-refractivity contribution < 1.29 is 14.3 Å². The van der Waals surface area contributed by atoms with Crippen LogP contribution in [0.25, 0.3) is 0 Å². The Labute approximate surface area is 107 Å². The predicted molar refractivity (Wildman–Crippen MR) is 73.4 cm³/mol. The van der Waals surface area contributed by atoms with E-state index in [2.05, 4.69) is 27.7 Å². The molecule has 0 aromatic carbocycles. The minimum absolute atomic E-state index is 0.390. The molecule has 0 rings (SSSR count). The maximum absolute atomic E-state index is 11.8. The van der Waals surface area contributed by atoms with E-state index in [1.54, 1.807) is 0 Å². The average Bonchev–Trinajstić information content (AvgIpc) is 2.36. The highest BCUT2D eigenvalue weighted by molar-refractivity contribution is 6.74. The molecule has 1 N–H and O–H groups in total. The molecular formula is C13H28O3Si. The smallest absolute Gasteiger partial charge is 0.321 e. The van der Waals surface area contributed by atoms with Gasteiger partial charge in [-0.15, -0.1) is 0 Å². The third-order valence-corrected chi connectivity index (χ3v) is 8.10. The van der Waals surface area contributed by atoms with Crippen molar-refractivity contribution in [3.8, 4) is 0 Å². The van der Waals surface area contributed by atoms with Crippen LogP contribution >= 0.6 is 0 Å². The Bertz CT molecular complexity index is 206. The summed E-state index contributed by atoms with van der Waals surface area (Å²) in [7, 11) is -1.90. The number of carbonyl (C=O) groups is 1. The minimum Gasteiger partial charge on any atom is -0.517 e. The Morgan fingerprint density at radius 3 is 2.06 bits per heavy atom. The molecule has 0 heterocycles. The number of hydrogen-bond acceptors (Lipinski definition) is 3. The Morgan fingerprint density at radius 2 is 1.65 bits per heavy atom. The van der Waals surface area contributed by atoms with Gasteiger partial charge >= 0.3 is 5.97 Å². The molecule has 17 heavy (non-hydrogen) atoms. The highest BCUT2D eigenvalue weighted by Crippen LogP contribution is 2.22. The topological polar surface area (TPSA) is 46.5 Å². The standard InChI is InChI=1S/C13H28O3Si/c1-5-9-10-11-12(14)13(15)16-17(6-2,7-3)8-4/h12,14H,5-11H2,1-4H3. The number of hydrogen-bond donors (Lipinski definition) is 1. The first-order chi connectivity index (χ1) is 8.05. The molecule has 0 bridgehead atoms. The minimum atomic E-state index is -1.90. The Balaban J connectivity index is 4.21. The summed E-state index contributed by atoms with van der Waals surface area (Å²) in [5.41, 5.74) is 0. The van der Waals surface area contributed by atoms with Gasteiger partial charge in [0.2, 0.25) is 0 Å². The first-order valence-corrected chi connectivity index (χ1v) is 9.49. The molecule has 0 aromatic heterocycles. The van der Waals surface area contributed by atoms with Crippen molar-refractivity contribution in [3.63, 3.8) is 0 Å². The fourth-order valence-corrected chi connectivity index (χ4v) is 4.45. The van der Waals surface area contributed by atoms with Gasteiger partial charge in [0, 0.05) is 0 Å². The lowest BCUT2D eigenvalue weighted by atomic mass is 10.1. The van der Waals surface area contributed by atoms with Gasteiger partial charge < -0.3 is 9.53 Å². The van der Waals surface area contributed by atoms with Gasteiger partial charge in [-0.05, 0) is 24.6 Å². The van der Waals surface area contributed by atoms with Crippen molar-refractivity contribution in [2.75, 3.05) is 0 Å². The molecule has 0 saturated heterocycles. The van der Waals surface area contributed by atoms with Gasteiger partial charge in [0.05, 0.1) is 0 Å². The van der Waals surface area contributed by atoms with Crippen LogP contribution in [0, 0.1) is 0 Å². The van der Waals surface area contributed by atoms with Crippen LogP contribution in [-0.2, 0) is 9.22 Å². The fourth-order valence-electron chi connectivity index (χ4n) is 1.95. The molecule has 0 aliphatic carbocycles. The first kappa shape index (κ1) is 16.6. The van der Waals surface area contributed by atoms with Crippen molar-refractivity contribution in [1.29, 1.82) is 0 Å². The SMILES string of the molecule is CCCCCC(O)C(=O)O[Si](CC)(CC)CC. The second-order valence-corrected chi connectivity index (χ2v) is 9.37. The van der Waals surface area contributed by atoms with Crippen molar-refractivity contribution >= 4 is 14.3 Å². The van der Waals surface area contributed by atoms with E-state index >= 15 is 0 Å². The molecule has 0 aromatic rings. The normalized spacial score (nSPS) is 13.5. The van der Waals surface area contributed by atoms with Gasteiger partial charge in [-0.2, -0.15) is 0 Å². The first-order valence-electron chi connectivity index (χ1n) is 6.96. The molecule has 0 aliphatic rings. The van der Waals surface area contributed by atoms with Gasteiger partial charge in [-0.1, -0.05) is 47.0 Å². The highest BCUT2D eigenvalue weighted by atomic mass is 28.4. The van der Waals surface area contributed by atoms with E-state index < -0.39 is 20.4 Å². The zero-order valence-corrected chi connectivity index (χ0v) is 12.8. The molecular weight excluding hydrogens is 232 g/mol. The molecule has 0 fully saturated rings. The van der Waals surface area contributed by atoms with Crippen LogP contribution in [0.3, 0.4) is 0 Å². The van der Waals surface area contributed by atoms with Crippen molar-refractivity contribution in [3.05, 3.63) is 0 Å². The molecule has 0 spiro atoms. The third-order valence-electron chi connectivity index (χ3n) is 3.60. The fraction of sp³-hybridized carbons (Fsp3) is 0.923. The summed E-state index contributed by atoms with van der Waals surface area (Å²) < 4.78 is 5.63. The van der Waals surface area contributed by atoms with Gasteiger partial charge in [0.25, 0.3) is 8.32 Å². The van der Waals surface area contributed by atoms with E-state index in [1.165, 1.54) is 0 Å². The van der Waals surface area contributed by atoms with Gasteiger partial charge in [0.1, 0.15) is 6.10 Å². The summed E-state index contributed by atoms with van der Waals surface area (Å²) in [6.07, 6.45) is 2.67. The molecule has 0 aliphatic heterocycles. The van der Waals surface area contributed by atoms with Gasteiger partial charge in [-0.3, -0.25) is 4.79 Å². The van der Waals surface area contributed by atoms with Crippen molar-refractivity contribution in [2.45, 2.75) is 77.6 Å². The Morgan fingerprint density at radius 1 is 1.12 bits per heavy atom. The molecule has 1 atom stereocenters. The van der Waals surface area contributed by atoms with Crippen LogP contribution < -0.4 is 0 Å². The highest BCUT2D eigenvalue weighted by Gasteiger charge is 2.34. The summed E-state index contributed by atoms with van der Waals surface area (Å²) >= 11 is 0. The van der Waals surface area contributed by atoms with Gasteiger partial charge in [0.15, 0.2) is 0 Å². The lowest BCUT2D eigenvalue weighted by Gasteiger charge is -2.28. The molecule has 0 amide bonds. The van der Waals surface area contributed by atoms with Crippen LogP contribution in [-0.4, -0.2) is 25.5 Å². The van der Waals surface area contributed by atoms with Gasteiger partial charge in [-0.25, -0.2) is 0 Å². The summed E-state index contributed by atoms with van der Waals surface area (Å²) in [6, 6.07) is 2.81. The van der Waals surface area contributed by atoms with E-state index in [9.17, 15) is 9.90 Å². The largest absolute Gasteiger partial charge is 0.517 e. The van der Waals surface area contributed by atoms with Crippen LogP contribution in [0.1, 0.15) is 53.4 Å². The summed E-state index contributed by atoms with van der Waals surface area (Å²) in [4.78, 5) is 11.8. The number of rotatable bonds is 9.